The number of hydrogen-bond acceptors (Lipinski definition) is 2. The number of fused-ring (bicyclic) bond motifs is 1. The highest BCUT2D eigenvalue weighted by Gasteiger charge is 2.42. The predicted octanol–water partition coefficient (Wildman–Crippen LogP) is 6.05. The molecule has 0 amide bonds. The van der Waals surface area contributed by atoms with Crippen LogP contribution in [0, 0.1) is 5.92 Å². The molecule has 6 heteroatoms. The van der Waals surface area contributed by atoms with Crippen LogP contribution in [0.25, 0.3) is 6.08 Å². The molecule has 0 aromatic heterocycles. The highest BCUT2D eigenvalue weighted by molar-refractivity contribution is 9.10. The van der Waals surface area contributed by atoms with Crippen LogP contribution in [0.4, 0.5) is 0 Å². The smallest absolute Gasteiger partial charge is 0.187 e. The Kier molecular flexibility index (Phi) is 5.48. The Hall–Kier alpha value is -1.50. The highest BCUT2D eigenvalue weighted by atomic mass is 79.9. The second kappa shape index (κ2) is 7.86. The van der Waals surface area contributed by atoms with Gasteiger partial charge in [-0.25, -0.2) is 5.01 Å². The third-order valence-electron chi connectivity index (χ3n) is 5.15. The molecule has 0 unspecified atom stereocenters. The van der Waals surface area contributed by atoms with E-state index >= 15 is 0 Å². The molecule has 0 bridgehead atoms. The highest BCUT2D eigenvalue weighted by Crippen LogP contribution is 2.44. The van der Waals surface area contributed by atoms with Gasteiger partial charge in [-0.15, -0.1) is 0 Å². The molecule has 2 atom stereocenters. The van der Waals surface area contributed by atoms with Gasteiger partial charge in [0, 0.05) is 14.9 Å². The van der Waals surface area contributed by atoms with E-state index in [0.29, 0.717) is 11.0 Å². The summed E-state index contributed by atoms with van der Waals surface area (Å²) in [5.74, 6) is 0.308. The van der Waals surface area contributed by atoms with Crippen molar-refractivity contribution in [2.75, 3.05) is 0 Å². The third-order valence-corrected chi connectivity index (χ3v) is 6.39. The molecular weight excluding hydrogens is 486 g/mol. The Morgan fingerprint density at radius 1 is 1.07 bits per heavy atom. The van der Waals surface area contributed by atoms with Crippen LogP contribution in [0.3, 0.4) is 0 Å². The summed E-state index contributed by atoms with van der Waals surface area (Å²) < 4.78 is 2.14. The van der Waals surface area contributed by atoms with Crippen molar-refractivity contribution in [2.45, 2.75) is 25.3 Å². The summed E-state index contributed by atoms with van der Waals surface area (Å²) in [6.07, 6.45) is 5.52. The minimum Gasteiger partial charge on any atom is -0.375 e. The van der Waals surface area contributed by atoms with Crippen molar-refractivity contribution in [3.05, 3.63) is 74.2 Å². The van der Waals surface area contributed by atoms with Gasteiger partial charge < -0.3 is 5.73 Å². The number of rotatable bonds is 2. The van der Waals surface area contributed by atoms with Crippen molar-refractivity contribution in [3.63, 3.8) is 0 Å². The van der Waals surface area contributed by atoms with Gasteiger partial charge in [0.1, 0.15) is 0 Å². The predicted molar refractivity (Wildman–Crippen MR) is 122 cm³/mol. The SMILES string of the molecule is NC(=S)N1N=C2/C(=C/c3ccc(Br)cc3)CCC[C@@H]2[C@@H]1c1ccc(Br)cc1. The Bertz CT molecular complexity index is 919. The van der Waals surface area contributed by atoms with E-state index in [9.17, 15) is 0 Å². The molecular formula is C21H19Br2N3S. The number of thiocarbonyl (C=S) groups is 1. The van der Waals surface area contributed by atoms with Crippen molar-refractivity contribution >= 4 is 61.0 Å². The van der Waals surface area contributed by atoms with Crippen LogP contribution in [-0.2, 0) is 0 Å². The molecule has 1 aliphatic carbocycles. The summed E-state index contributed by atoms with van der Waals surface area (Å²) in [4.78, 5) is 0. The number of benzene rings is 2. The maximum Gasteiger partial charge on any atom is 0.187 e. The Morgan fingerprint density at radius 3 is 2.33 bits per heavy atom. The summed E-state index contributed by atoms with van der Waals surface area (Å²) in [5, 5.41) is 7.04. The van der Waals surface area contributed by atoms with Gasteiger partial charge in [-0.3, -0.25) is 0 Å². The minimum atomic E-state index is 0.0687. The lowest BCUT2D eigenvalue weighted by Gasteiger charge is -2.29. The van der Waals surface area contributed by atoms with E-state index in [4.69, 9.17) is 23.1 Å². The van der Waals surface area contributed by atoms with Crippen LogP contribution in [0.1, 0.15) is 36.4 Å². The van der Waals surface area contributed by atoms with Crippen molar-refractivity contribution in [1.29, 1.82) is 0 Å². The van der Waals surface area contributed by atoms with Crippen LogP contribution in [0.5, 0.6) is 0 Å². The van der Waals surface area contributed by atoms with Gasteiger partial charge in [0.25, 0.3) is 0 Å². The molecule has 0 spiro atoms. The van der Waals surface area contributed by atoms with Crippen molar-refractivity contribution in [2.24, 2.45) is 16.8 Å². The molecule has 1 saturated carbocycles. The van der Waals surface area contributed by atoms with Crippen molar-refractivity contribution in [1.82, 2.24) is 5.01 Å². The number of nitrogens with zero attached hydrogens (tertiary/aromatic N) is 2. The van der Waals surface area contributed by atoms with E-state index < -0.39 is 0 Å². The zero-order valence-electron chi connectivity index (χ0n) is 14.6. The molecule has 1 aliphatic heterocycles. The maximum atomic E-state index is 6.04. The summed E-state index contributed by atoms with van der Waals surface area (Å²) in [5.41, 5.74) is 10.8. The van der Waals surface area contributed by atoms with E-state index in [1.165, 1.54) is 16.7 Å². The first-order valence-electron chi connectivity index (χ1n) is 8.92. The lowest BCUT2D eigenvalue weighted by molar-refractivity contribution is 0.305. The van der Waals surface area contributed by atoms with Crippen molar-refractivity contribution in [3.8, 4) is 0 Å². The van der Waals surface area contributed by atoms with Gasteiger partial charge in [0.05, 0.1) is 11.8 Å². The largest absolute Gasteiger partial charge is 0.375 e. The van der Waals surface area contributed by atoms with Crippen LogP contribution >= 0.6 is 44.1 Å². The molecule has 3 nitrogen and oxygen atoms in total. The lowest BCUT2D eigenvalue weighted by Crippen LogP contribution is -2.34. The fourth-order valence-electron chi connectivity index (χ4n) is 3.94. The number of hydrazone groups is 1. The van der Waals surface area contributed by atoms with E-state index in [0.717, 1.165) is 33.9 Å². The fourth-order valence-corrected chi connectivity index (χ4v) is 4.62. The first-order chi connectivity index (χ1) is 13.0. The third kappa shape index (κ3) is 3.89. The van der Waals surface area contributed by atoms with Crippen LogP contribution < -0.4 is 5.73 Å². The van der Waals surface area contributed by atoms with E-state index in [1.54, 1.807) is 0 Å². The van der Waals surface area contributed by atoms with E-state index in [1.807, 2.05) is 5.01 Å². The monoisotopic (exact) mass is 503 g/mol. The molecule has 0 saturated heterocycles. The topological polar surface area (TPSA) is 41.6 Å². The lowest BCUT2D eigenvalue weighted by atomic mass is 9.77. The van der Waals surface area contributed by atoms with Gasteiger partial charge in [-0.2, -0.15) is 5.10 Å². The van der Waals surface area contributed by atoms with Crippen LogP contribution in [-0.4, -0.2) is 15.8 Å². The molecule has 138 valence electrons. The van der Waals surface area contributed by atoms with Crippen LogP contribution in [0.15, 0.2) is 68.2 Å². The van der Waals surface area contributed by atoms with Gasteiger partial charge in [0.2, 0.25) is 0 Å². The first kappa shape index (κ1) is 18.8. The Balaban J connectivity index is 1.72. The first-order valence-corrected chi connectivity index (χ1v) is 10.9. The summed E-state index contributed by atoms with van der Waals surface area (Å²) in [7, 11) is 0. The number of halogens is 2. The van der Waals surface area contributed by atoms with Crippen molar-refractivity contribution < 1.29 is 0 Å². The van der Waals surface area contributed by atoms with E-state index in [-0.39, 0.29) is 6.04 Å². The summed E-state index contributed by atoms with van der Waals surface area (Å²) >= 11 is 12.3. The molecule has 2 aliphatic rings. The summed E-state index contributed by atoms with van der Waals surface area (Å²) in [6, 6.07) is 16.8. The molecule has 2 aromatic carbocycles. The second-order valence-corrected chi connectivity index (χ2v) is 9.13. The van der Waals surface area contributed by atoms with Gasteiger partial charge in [-0.05, 0) is 78.5 Å². The molecule has 2 aromatic rings. The average molecular weight is 505 g/mol. The van der Waals surface area contributed by atoms with Gasteiger partial charge in [-0.1, -0.05) is 56.1 Å². The standard InChI is InChI=1S/C21H19Br2N3S/c22-16-8-4-13(5-9-16)12-15-2-1-3-18-19(15)25-26(21(24)27)20(18)14-6-10-17(23)11-7-14/h4-12,18,20H,1-3H2,(H2,24,27)/b15-12+/t18-,20-/m0/s1. The summed E-state index contributed by atoms with van der Waals surface area (Å²) in [6.45, 7) is 0. The number of allylic oxidation sites excluding steroid dienone is 1. The molecule has 2 N–H and O–H groups in total. The fraction of sp³-hybridized carbons (Fsp3) is 0.238. The quantitative estimate of drug-likeness (QED) is 0.506. The molecule has 27 heavy (non-hydrogen) atoms. The molecule has 4 rings (SSSR count). The second-order valence-electron chi connectivity index (χ2n) is 6.88. The van der Waals surface area contributed by atoms with E-state index in [2.05, 4.69) is 86.5 Å². The number of hydrogen-bond donors (Lipinski definition) is 1. The van der Waals surface area contributed by atoms with Gasteiger partial charge >= 0.3 is 0 Å². The maximum absolute atomic E-state index is 6.04. The zero-order valence-corrected chi connectivity index (χ0v) is 18.6. The van der Waals surface area contributed by atoms with Gasteiger partial charge in [0.15, 0.2) is 5.11 Å². The minimum absolute atomic E-state index is 0.0687. The number of nitrogens with two attached hydrogens (primary N) is 1. The molecule has 1 heterocycles. The van der Waals surface area contributed by atoms with Crippen LogP contribution in [0.2, 0.25) is 0 Å². The Morgan fingerprint density at radius 2 is 1.70 bits per heavy atom. The Labute approximate surface area is 181 Å². The molecule has 1 fully saturated rings. The molecule has 0 radical (unpaired) electrons. The average Bonchev–Trinajstić information content (AvgIpc) is 3.05. The normalized spacial score (nSPS) is 23.3. The zero-order chi connectivity index (χ0) is 19.0.